The van der Waals surface area contributed by atoms with Gasteiger partial charge in [-0.1, -0.05) is 12.8 Å². The first kappa shape index (κ1) is 20.2. The van der Waals surface area contributed by atoms with Crippen molar-refractivity contribution in [3.63, 3.8) is 0 Å². The summed E-state index contributed by atoms with van der Waals surface area (Å²) in [6, 6.07) is 4.22. The van der Waals surface area contributed by atoms with Gasteiger partial charge in [-0.2, -0.15) is 0 Å². The highest BCUT2D eigenvalue weighted by atomic mass is 79.9. The summed E-state index contributed by atoms with van der Waals surface area (Å²) in [7, 11) is 3.68. The van der Waals surface area contributed by atoms with E-state index in [0.717, 1.165) is 54.9 Å². The third-order valence-electron chi connectivity index (χ3n) is 4.60. The van der Waals surface area contributed by atoms with Gasteiger partial charge in [-0.25, -0.2) is 0 Å². The number of amides is 1. The Labute approximate surface area is 163 Å². The van der Waals surface area contributed by atoms with Crippen LogP contribution in [0.15, 0.2) is 20.9 Å². The topological polar surface area (TPSA) is 56.7 Å². The zero-order valence-electron chi connectivity index (χ0n) is 15.4. The largest absolute Gasteiger partial charge is 0.357 e. The normalized spacial score (nSPS) is 16.7. The Morgan fingerprint density at radius 2 is 2.04 bits per heavy atom. The van der Waals surface area contributed by atoms with Crippen molar-refractivity contribution >= 4 is 39.1 Å². The number of hydrogen-bond donors (Lipinski definition) is 2. The summed E-state index contributed by atoms with van der Waals surface area (Å²) in [4.78, 5) is 20.5. The Morgan fingerprint density at radius 1 is 1.32 bits per heavy atom. The number of hydrogen-bond acceptors (Lipinski definition) is 3. The van der Waals surface area contributed by atoms with Crippen LogP contribution in [0, 0.1) is 5.41 Å². The third-order valence-corrected chi connectivity index (χ3v) is 6.28. The molecule has 1 saturated carbocycles. The number of guanidine groups is 1. The lowest BCUT2D eigenvalue weighted by Gasteiger charge is -2.29. The van der Waals surface area contributed by atoms with Crippen LogP contribution in [0.1, 0.15) is 37.5 Å². The van der Waals surface area contributed by atoms with Gasteiger partial charge < -0.3 is 15.5 Å². The molecule has 0 aliphatic heterocycles. The first-order chi connectivity index (χ1) is 12.0. The van der Waals surface area contributed by atoms with Crippen LogP contribution < -0.4 is 10.6 Å². The summed E-state index contributed by atoms with van der Waals surface area (Å²) < 4.78 is 1.16. The first-order valence-corrected chi connectivity index (χ1v) is 10.6. The quantitative estimate of drug-likeness (QED) is 0.517. The first-order valence-electron chi connectivity index (χ1n) is 8.95. The van der Waals surface area contributed by atoms with Gasteiger partial charge in [0.1, 0.15) is 0 Å². The maximum absolute atomic E-state index is 12.7. The van der Waals surface area contributed by atoms with Crippen molar-refractivity contribution < 1.29 is 4.79 Å². The fourth-order valence-electron chi connectivity index (χ4n) is 3.33. The molecule has 0 bridgehead atoms. The number of rotatable bonds is 7. The standard InChI is InChI=1S/C18H29BrN4OS/c1-4-20-17(21-12-9-14-7-8-15(19)25-14)22-13-18(10-5-6-11-18)16(24)23(2)3/h7-8H,4-6,9-13H2,1-3H3,(H2,20,21,22). The molecule has 1 heterocycles. The molecular formula is C18H29BrN4OS. The molecule has 7 heteroatoms. The molecule has 140 valence electrons. The number of carbonyl (C=O) groups is 1. The highest BCUT2D eigenvalue weighted by molar-refractivity contribution is 9.11. The van der Waals surface area contributed by atoms with E-state index in [4.69, 9.17) is 4.99 Å². The lowest BCUT2D eigenvalue weighted by atomic mass is 9.85. The minimum absolute atomic E-state index is 0.216. The third kappa shape index (κ3) is 5.71. The fraction of sp³-hybridized carbons (Fsp3) is 0.667. The second-order valence-corrected chi connectivity index (χ2v) is 9.31. The Bertz CT molecular complexity index is 594. The van der Waals surface area contributed by atoms with Gasteiger partial charge in [0.15, 0.2) is 5.96 Å². The summed E-state index contributed by atoms with van der Waals surface area (Å²) in [5, 5.41) is 6.68. The average molecular weight is 429 g/mol. The monoisotopic (exact) mass is 428 g/mol. The van der Waals surface area contributed by atoms with Gasteiger partial charge in [0.2, 0.25) is 5.91 Å². The molecule has 1 aliphatic rings. The molecule has 0 aromatic carbocycles. The highest BCUT2D eigenvalue weighted by Gasteiger charge is 2.41. The van der Waals surface area contributed by atoms with E-state index in [9.17, 15) is 4.79 Å². The number of nitrogens with one attached hydrogen (secondary N) is 2. The van der Waals surface area contributed by atoms with E-state index in [2.05, 4.69) is 45.6 Å². The molecule has 1 fully saturated rings. The number of thiophene rings is 1. The van der Waals surface area contributed by atoms with Crippen molar-refractivity contribution in [2.45, 2.75) is 39.0 Å². The summed E-state index contributed by atoms with van der Waals surface area (Å²) in [6.45, 7) is 4.26. The van der Waals surface area contributed by atoms with Crippen LogP contribution in [-0.2, 0) is 11.2 Å². The second kappa shape index (κ2) is 9.57. The van der Waals surface area contributed by atoms with Crippen molar-refractivity contribution in [1.29, 1.82) is 0 Å². The van der Waals surface area contributed by atoms with Gasteiger partial charge in [0, 0.05) is 32.1 Å². The predicted octanol–water partition coefficient (Wildman–Crippen LogP) is 3.26. The summed E-state index contributed by atoms with van der Waals surface area (Å²) in [6.07, 6.45) is 5.08. The smallest absolute Gasteiger partial charge is 0.230 e. The van der Waals surface area contributed by atoms with Gasteiger partial charge in [-0.05, 0) is 54.2 Å². The van der Waals surface area contributed by atoms with Gasteiger partial charge in [0.25, 0.3) is 0 Å². The molecule has 0 radical (unpaired) electrons. The van der Waals surface area contributed by atoms with Crippen molar-refractivity contribution in [2.24, 2.45) is 10.4 Å². The minimum Gasteiger partial charge on any atom is -0.357 e. The van der Waals surface area contributed by atoms with Crippen LogP contribution in [0.2, 0.25) is 0 Å². The van der Waals surface area contributed by atoms with E-state index >= 15 is 0 Å². The second-order valence-electron chi connectivity index (χ2n) is 6.76. The molecule has 2 N–H and O–H groups in total. The van der Waals surface area contributed by atoms with Crippen LogP contribution >= 0.6 is 27.3 Å². The molecule has 1 aliphatic carbocycles. The van der Waals surface area contributed by atoms with Gasteiger partial charge >= 0.3 is 0 Å². The lowest BCUT2D eigenvalue weighted by molar-refractivity contribution is -0.138. The molecule has 0 unspecified atom stereocenters. The fourth-order valence-corrected chi connectivity index (χ4v) is 4.81. The zero-order chi connectivity index (χ0) is 18.3. The zero-order valence-corrected chi connectivity index (χ0v) is 17.8. The molecule has 2 rings (SSSR count). The van der Waals surface area contributed by atoms with E-state index in [1.54, 1.807) is 16.2 Å². The Hall–Kier alpha value is -1.08. The molecule has 25 heavy (non-hydrogen) atoms. The number of carbonyl (C=O) groups excluding carboxylic acids is 1. The maximum atomic E-state index is 12.7. The lowest BCUT2D eigenvalue weighted by Crippen LogP contribution is -2.43. The number of aliphatic imine (C=N–C) groups is 1. The van der Waals surface area contributed by atoms with Crippen molar-refractivity contribution in [2.75, 3.05) is 33.7 Å². The summed E-state index contributed by atoms with van der Waals surface area (Å²) in [5.41, 5.74) is -0.315. The van der Waals surface area contributed by atoms with Gasteiger partial charge in [0.05, 0.1) is 15.7 Å². The van der Waals surface area contributed by atoms with Crippen LogP contribution in [0.4, 0.5) is 0 Å². The van der Waals surface area contributed by atoms with E-state index in [1.807, 2.05) is 14.1 Å². The summed E-state index contributed by atoms with van der Waals surface area (Å²) >= 11 is 5.26. The molecule has 0 saturated heterocycles. The molecule has 0 spiro atoms. The van der Waals surface area contributed by atoms with Crippen molar-refractivity contribution in [3.05, 3.63) is 20.8 Å². The van der Waals surface area contributed by atoms with Gasteiger partial charge in [-0.15, -0.1) is 11.3 Å². The Kier molecular flexibility index (Phi) is 7.75. The molecule has 1 aromatic rings. The predicted molar refractivity (Wildman–Crippen MR) is 109 cm³/mol. The minimum atomic E-state index is -0.315. The molecule has 1 amide bonds. The van der Waals surface area contributed by atoms with Crippen LogP contribution in [-0.4, -0.2) is 50.5 Å². The Balaban J connectivity index is 1.96. The van der Waals surface area contributed by atoms with E-state index in [1.165, 1.54) is 4.88 Å². The Morgan fingerprint density at radius 3 is 2.60 bits per heavy atom. The number of halogens is 1. The van der Waals surface area contributed by atoms with E-state index in [-0.39, 0.29) is 11.3 Å². The number of nitrogens with zero attached hydrogens (tertiary/aromatic N) is 2. The summed E-state index contributed by atoms with van der Waals surface area (Å²) in [5.74, 6) is 1.02. The maximum Gasteiger partial charge on any atom is 0.230 e. The van der Waals surface area contributed by atoms with Crippen LogP contribution in [0.5, 0.6) is 0 Å². The molecule has 1 aromatic heterocycles. The van der Waals surface area contributed by atoms with Gasteiger partial charge in [-0.3, -0.25) is 9.79 Å². The van der Waals surface area contributed by atoms with E-state index < -0.39 is 0 Å². The van der Waals surface area contributed by atoms with Crippen molar-refractivity contribution in [3.8, 4) is 0 Å². The van der Waals surface area contributed by atoms with E-state index in [0.29, 0.717) is 6.54 Å². The molecule has 5 nitrogen and oxygen atoms in total. The highest BCUT2D eigenvalue weighted by Crippen LogP contribution is 2.39. The SMILES string of the molecule is CCNC(=NCC1(C(=O)N(C)C)CCCC1)NCCc1ccc(Br)s1. The van der Waals surface area contributed by atoms with Crippen molar-refractivity contribution in [1.82, 2.24) is 15.5 Å². The molecular weight excluding hydrogens is 400 g/mol. The van der Waals surface area contributed by atoms with Crippen LogP contribution in [0.25, 0.3) is 0 Å². The van der Waals surface area contributed by atoms with Crippen LogP contribution in [0.3, 0.4) is 0 Å². The average Bonchev–Trinajstić information content (AvgIpc) is 3.22. The molecule has 0 atom stereocenters.